The molecular weight excluding hydrogens is 450 g/mol. The second-order valence-electron chi connectivity index (χ2n) is 7.91. The summed E-state index contributed by atoms with van der Waals surface area (Å²) in [7, 11) is 1.64. The lowest BCUT2D eigenvalue weighted by Gasteiger charge is -2.18. The molecule has 2 amide bonds. The van der Waals surface area contributed by atoms with Crippen LogP contribution in [0.3, 0.4) is 0 Å². The quantitative estimate of drug-likeness (QED) is 0.337. The fourth-order valence-electron chi connectivity index (χ4n) is 3.50. The van der Waals surface area contributed by atoms with Crippen molar-refractivity contribution >= 4 is 50.8 Å². The van der Waals surface area contributed by atoms with Gasteiger partial charge in [-0.25, -0.2) is 4.98 Å². The van der Waals surface area contributed by atoms with E-state index in [-0.39, 0.29) is 18.4 Å². The Balaban J connectivity index is 1.32. The number of aryl methyl sites for hydroxylation is 2. The van der Waals surface area contributed by atoms with Gasteiger partial charge < -0.3 is 10.2 Å². The molecule has 5 nitrogen and oxygen atoms in total. The Kier molecular flexibility index (Phi) is 7.11. The molecule has 0 radical (unpaired) electrons. The van der Waals surface area contributed by atoms with E-state index in [1.54, 1.807) is 30.1 Å². The number of rotatable bonds is 7. The number of hydrogen-bond acceptors (Lipinski definition) is 5. The summed E-state index contributed by atoms with van der Waals surface area (Å²) >= 11 is 3.38. The highest BCUT2D eigenvalue weighted by molar-refractivity contribution is 8.00. The van der Waals surface area contributed by atoms with Gasteiger partial charge in [-0.2, -0.15) is 0 Å². The number of nitrogens with one attached hydrogen (secondary N) is 1. The van der Waals surface area contributed by atoms with Gasteiger partial charge in [-0.3, -0.25) is 9.59 Å². The summed E-state index contributed by atoms with van der Waals surface area (Å²) in [6.45, 7) is 3.89. The zero-order valence-electron chi connectivity index (χ0n) is 18.8. The Morgan fingerprint density at radius 2 is 1.67 bits per heavy atom. The van der Waals surface area contributed by atoms with Crippen molar-refractivity contribution in [2.45, 2.75) is 23.9 Å². The third-order valence-electron chi connectivity index (χ3n) is 5.31. The third-order valence-corrected chi connectivity index (χ3v) is 7.56. The maximum absolute atomic E-state index is 12.8. The number of amides is 2. The number of anilines is 1. The summed E-state index contributed by atoms with van der Waals surface area (Å²) in [6, 6.07) is 21.5. The minimum Gasteiger partial charge on any atom is -0.332 e. The number of aromatic nitrogens is 1. The Labute approximate surface area is 201 Å². The summed E-state index contributed by atoms with van der Waals surface area (Å²) in [5.74, 6) is 0.381. The topological polar surface area (TPSA) is 62.3 Å². The van der Waals surface area contributed by atoms with Gasteiger partial charge >= 0.3 is 0 Å². The average Bonchev–Trinajstić information content (AvgIpc) is 3.23. The summed E-state index contributed by atoms with van der Waals surface area (Å²) in [5, 5.41) is 2.93. The van der Waals surface area contributed by atoms with Gasteiger partial charge in [-0.1, -0.05) is 54.2 Å². The van der Waals surface area contributed by atoms with Gasteiger partial charge in [0.15, 0.2) is 4.34 Å². The Morgan fingerprint density at radius 3 is 2.36 bits per heavy atom. The molecule has 1 aromatic heterocycles. The first-order valence-electron chi connectivity index (χ1n) is 10.6. The normalized spacial score (nSPS) is 10.9. The molecule has 4 aromatic rings. The van der Waals surface area contributed by atoms with Crippen molar-refractivity contribution in [2.24, 2.45) is 0 Å². The minimum atomic E-state index is -0.216. The van der Waals surface area contributed by atoms with Crippen LogP contribution < -0.4 is 5.32 Å². The largest absolute Gasteiger partial charge is 0.332 e. The van der Waals surface area contributed by atoms with Crippen LogP contribution in [0.2, 0.25) is 0 Å². The zero-order chi connectivity index (χ0) is 23.4. The molecule has 0 fully saturated rings. The van der Waals surface area contributed by atoms with Gasteiger partial charge in [0, 0.05) is 24.1 Å². The molecule has 4 rings (SSSR count). The molecule has 7 heteroatoms. The van der Waals surface area contributed by atoms with E-state index < -0.39 is 0 Å². The van der Waals surface area contributed by atoms with E-state index in [0.29, 0.717) is 5.56 Å². The van der Waals surface area contributed by atoms with Crippen molar-refractivity contribution in [3.8, 4) is 0 Å². The maximum Gasteiger partial charge on any atom is 0.254 e. The summed E-state index contributed by atoms with van der Waals surface area (Å²) in [6.07, 6.45) is 0. The first kappa shape index (κ1) is 23.0. The minimum absolute atomic E-state index is 0.0121. The van der Waals surface area contributed by atoms with Crippen LogP contribution in [0.25, 0.3) is 10.2 Å². The fraction of sp³-hybridized carbons (Fsp3) is 0.192. The number of carbonyl (C=O) groups is 2. The molecule has 0 spiro atoms. The predicted octanol–water partition coefficient (Wildman–Crippen LogP) is 5.92. The van der Waals surface area contributed by atoms with Gasteiger partial charge in [0.25, 0.3) is 5.91 Å². The lowest BCUT2D eigenvalue weighted by Crippen LogP contribution is -2.35. The molecule has 0 saturated heterocycles. The van der Waals surface area contributed by atoms with E-state index >= 15 is 0 Å². The van der Waals surface area contributed by atoms with E-state index in [0.717, 1.165) is 38.0 Å². The number of thiazole rings is 1. The van der Waals surface area contributed by atoms with Crippen LogP contribution in [-0.4, -0.2) is 35.3 Å². The van der Waals surface area contributed by atoms with Crippen molar-refractivity contribution in [1.82, 2.24) is 9.88 Å². The van der Waals surface area contributed by atoms with Crippen LogP contribution in [0.4, 0.5) is 5.69 Å². The van der Waals surface area contributed by atoms with Crippen LogP contribution in [0.5, 0.6) is 0 Å². The lowest BCUT2D eigenvalue weighted by molar-refractivity contribution is -0.116. The molecule has 33 heavy (non-hydrogen) atoms. The molecule has 1 heterocycles. The van der Waals surface area contributed by atoms with Gasteiger partial charge in [0.2, 0.25) is 5.91 Å². The van der Waals surface area contributed by atoms with Gasteiger partial charge in [0.05, 0.1) is 16.8 Å². The Morgan fingerprint density at radius 1 is 0.970 bits per heavy atom. The second kappa shape index (κ2) is 10.2. The summed E-state index contributed by atoms with van der Waals surface area (Å²) < 4.78 is 2.22. The molecule has 0 aliphatic carbocycles. The highest BCUT2D eigenvalue weighted by Crippen LogP contribution is 2.31. The van der Waals surface area contributed by atoms with E-state index in [4.69, 9.17) is 0 Å². The molecule has 168 valence electrons. The van der Waals surface area contributed by atoms with Gasteiger partial charge in [-0.15, -0.1) is 11.3 Å². The van der Waals surface area contributed by atoms with Crippen molar-refractivity contribution in [3.63, 3.8) is 0 Å². The molecule has 3 aromatic carbocycles. The summed E-state index contributed by atoms with van der Waals surface area (Å²) in [4.78, 5) is 31.4. The third kappa shape index (κ3) is 5.61. The molecule has 1 N–H and O–H groups in total. The van der Waals surface area contributed by atoms with Crippen LogP contribution in [-0.2, 0) is 10.5 Å². The van der Waals surface area contributed by atoms with Gasteiger partial charge in [0.1, 0.15) is 0 Å². The SMILES string of the molecule is Cc1cccc(C)c1NC(=O)CN(C)C(=O)c1ccc(CSc2nc3ccccc3s2)cc1. The first-order valence-corrected chi connectivity index (χ1v) is 12.4. The van der Waals surface area contributed by atoms with E-state index in [2.05, 4.69) is 16.4 Å². The molecule has 0 saturated carbocycles. The monoisotopic (exact) mass is 475 g/mol. The Bertz CT molecular complexity index is 1250. The maximum atomic E-state index is 12.8. The number of nitrogens with zero attached hydrogens (tertiary/aromatic N) is 2. The average molecular weight is 476 g/mol. The molecule has 0 bridgehead atoms. The highest BCUT2D eigenvalue weighted by Gasteiger charge is 2.16. The number of benzene rings is 3. The van der Waals surface area contributed by atoms with Gasteiger partial charge in [-0.05, 0) is 54.8 Å². The molecule has 0 aliphatic rings. The Hall–Kier alpha value is -3.16. The number of hydrogen-bond donors (Lipinski definition) is 1. The van der Waals surface area contributed by atoms with Crippen molar-refractivity contribution in [1.29, 1.82) is 0 Å². The first-order chi connectivity index (χ1) is 15.9. The van der Waals surface area contributed by atoms with Crippen LogP contribution in [0.15, 0.2) is 71.1 Å². The van der Waals surface area contributed by atoms with Crippen molar-refractivity contribution in [3.05, 3.63) is 89.0 Å². The van der Waals surface area contributed by atoms with Crippen LogP contribution >= 0.6 is 23.1 Å². The number of likely N-dealkylation sites (N-methyl/N-ethyl adjacent to an activating group) is 1. The van der Waals surface area contributed by atoms with E-state index in [1.165, 1.54) is 9.60 Å². The molecule has 0 aliphatic heterocycles. The number of thioether (sulfide) groups is 1. The standard InChI is InChI=1S/C26H25N3O2S2/c1-17-7-6-8-18(2)24(17)28-23(30)15-29(3)25(31)20-13-11-19(12-14-20)16-32-26-27-21-9-4-5-10-22(21)33-26/h4-14H,15-16H2,1-3H3,(H,28,30). The molecule has 0 atom stereocenters. The lowest BCUT2D eigenvalue weighted by atomic mass is 10.1. The second-order valence-corrected chi connectivity index (χ2v) is 10.2. The van der Waals surface area contributed by atoms with Crippen LogP contribution in [0, 0.1) is 13.8 Å². The van der Waals surface area contributed by atoms with E-state index in [1.807, 2.05) is 74.5 Å². The smallest absolute Gasteiger partial charge is 0.254 e. The number of fused-ring (bicyclic) bond motifs is 1. The predicted molar refractivity (Wildman–Crippen MR) is 137 cm³/mol. The fourth-order valence-corrected chi connectivity index (χ4v) is 5.52. The molecule has 0 unspecified atom stereocenters. The summed E-state index contributed by atoms with van der Waals surface area (Å²) in [5.41, 5.74) is 5.50. The van der Waals surface area contributed by atoms with Crippen LogP contribution in [0.1, 0.15) is 27.0 Å². The van der Waals surface area contributed by atoms with Crippen molar-refractivity contribution < 1.29 is 9.59 Å². The number of para-hydroxylation sites is 2. The van der Waals surface area contributed by atoms with E-state index in [9.17, 15) is 9.59 Å². The zero-order valence-corrected chi connectivity index (χ0v) is 20.4. The van der Waals surface area contributed by atoms with Crippen molar-refractivity contribution in [2.75, 3.05) is 18.9 Å². The molecular formula is C26H25N3O2S2. The number of carbonyl (C=O) groups excluding carboxylic acids is 2. The highest BCUT2D eigenvalue weighted by atomic mass is 32.2.